The Kier molecular flexibility index (Phi) is 4.47. The molecule has 2 rings (SSSR count). The summed E-state index contributed by atoms with van der Waals surface area (Å²) in [6.07, 6.45) is 2.16. The highest BCUT2D eigenvalue weighted by Crippen LogP contribution is 2.24. The zero-order valence-electron chi connectivity index (χ0n) is 10.5. The highest BCUT2D eigenvalue weighted by Gasteiger charge is 2.25. The van der Waals surface area contributed by atoms with Gasteiger partial charge >= 0.3 is 0 Å². The fourth-order valence-corrected chi connectivity index (χ4v) is 2.40. The molecule has 2 atom stereocenters. The summed E-state index contributed by atoms with van der Waals surface area (Å²) >= 11 is 0. The highest BCUT2D eigenvalue weighted by molar-refractivity contribution is 5.78. The van der Waals surface area contributed by atoms with Crippen molar-refractivity contribution in [3.8, 4) is 0 Å². The Morgan fingerprint density at radius 2 is 2.16 bits per heavy atom. The molecule has 0 aliphatic heterocycles. The molecule has 1 aromatic rings. The van der Waals surface area contributed by atoms with Crippen LogP contribution in [0.2, 0.25) is 0 Å². The van der Waals surface area contributed by atoms with Gasteiger partial charge in [-0.3, -0.25) is 4.79 Å². The summed E-state index contributed by atoms with van der Waals surface area (Å²) in [5.41, 5.74) is 0.172. The van der Waals surface area contributed by atoms with Gasteiger partial charge in [-0.2, -0.15) is 0 Å². The van der Waals surface area contributed by atoms with Crippen molar-refractivity contribution in [3.63, 3.8) is 0 Å². The molecule has 0 heterocycles. The van der Waals surface area contributed by atoms with Crippen LogP contribution in [-0.4, -0.2) is 23.7 Å². The molecular formula is C14H17F2NO2. The van der Waals surface area contributed by atoms with E-state index in [1.807, 2.05) is 0 Å². The van der Waals surface area contributed by atoms with Crippen molar-refractivity contribution in [2.75, 3.05) is 6.54 Å². The second kappa shape index (κ2) is 6.10. The number of rotatable bonds is 4. The van der Waals surface area contributed by atoms with E-state index in [4.69, 9.17) is 0 Å². The van der Waals surface area contributed by atoms with Crippen LogP contribution in [0.15, 0.2) is 18.2 Å². The van der Waals surface area contributed by atoms with E-state index in [-0.39, 0.29) is 29.9 Å². The fraction of sp³-hybridized carbons (Fsp3) is 0.500. The summed E-state index contributed by atoms with van der Waals surface area (Å²) in [6.45, 7) is 0.406. The average Bonchev–Trinajstić information content (AvgIpc) is 2.76. The minimum Gasteiger partial charge on any atom is -0.393 e. The standard InChI is InChI=1S/C14H17F2NO2/c15-11-5-4-9(12(16)7-11)6-14(19)17-8-10-2-1-3-13(10)18/h4-5,7,10,13,18H,1-3,6,8H2,(H,17,19). The molecule has 0 spiro atoms. The maximum atomic E-state index is 13.4. The van der Waals surface area contributed by atoms with E-state index >= 15 is 0 Å². The molecule has 1 fully saturated rings. The number of aliphatic hydroxyl groups excluding tert-OH is 1. The molecular weight excluding hydrogens is 252 g/mol. The van der Waals surface area contributed by atoms with Gasteiger partial charge in [-0.05, 0) is 24.5 Å². The van der Waals surface area contributed by atoms with Gasteiger partial charge in [-0.15, -0.1) is 0 Å². The Balaban J connectivity index is 1.84. The minimum absolute atomic E-state index is 0.0852. The van der Waals surface area contributed by atoms with Gasteiger partial charge in [0, 0.05) is 18.5 Å². The van der Waals surface area contributed by atoms with Crippen molar-refractivity contribution in [2.24, 2.45) is 5.92 Å². The number of amides is 1. The van der Waals surface area contributed by atoms with Crippen LogP contribution in [-0.2, 0) is 11.2 Å². The Morgan fingerprint density at radius 3 is 2.79 bits per heavy atom. The summed E-state index contributed by atoms with van der Waals surface area (Å²) in [7, 11) is 0. The Hall–Kier alpha value is -1.49. The van der Waals surface area contributed by atoms with E-state index in [9.17, 15) is 18.7 Å². The Labute approximate surface area is 110 Å². The van der Waals surface area contributed by atoms with Crippen LogP contribution in [0.5, 0.6) is 0 Å². The van der Waals surface area contributed by atoms with Gasteiger partial charge in [0.1, 0.15) is 11.6 Å². The molecule has 1 aliphatic carbocycles. The quantitative estimate of drug-likeness (QED) is 0.875. The number of aliphatic hydroxyl groups is 1. The van der Waals surface area contributed by atoms with Crippen molar-refractivity contribution in [1.82, 2.24) is 5.32 Å². The average molecular weight is 269 g/mol. The monoisotopic (exact) mass is 269 g/mol. The van der Waals surface area contributed by atoms with Crippen LogP contribution in [0.25, 0.3) is 0 Å². The molecule has 1 aromatic carbocycles. The minimum atomic E-state index is -0.712. The molecule has 2 N–H and O–H groups in total. The summed E-state index contributed by atoms with van der Waals surface area (Å²) < 4.78 is 26.1. The second-order valence-electron chi connectivity index (χ2n) is 4.97. The third kappa shape index (κ3) is 3.73. The molecule has 3 nitrogen and oxygen atoms in total. The molecule has 0 aromatic heterocycles. The second-order valence-corrected chi connectivity index (χ2v) is 4.97. The SMILES string of the molecule is O=C(Cc1ccc(F)cc1F)NCC1CCCC1O. The maximum Gasteiger partial charge on any atom is 0.224 e. The first-order valence-electron chi connectivity index (χ1n) is 6.45. The largest absolute Gasteiger partial charge is 0.393 e. The molecule has 0 radical (unpaired) electrons. The van der Waals surface area contributed by atoms with Crippen LogP contribution in [0.4, 0.5) is 8.78 Å². The lowest BCUT2D eigenvalue weighted by Gasteiger charge is -2.15. The van der Waals surface area contributed by atoms with E-state index in [0.717, 1.165) is 31.4 Å². The molecule has 1 saturated carbocycles. The number of nitrogens with one attached hydrogen (secondary N) is 1. The lowest BCUT2D eigenvalue weighted by Crippen LogP contribution is -2.33. The fourth-order valence-electron chi connectivity index (χ4n) is 2.40. The number of hydrogen-bond acceptors (Lipinski definition) is 2. The first-order valence-corrected chi connectivity index (χ1v) is 6.45. The molecule has 1 aliphatic rings. The molecule has 19 heavy (non-hydrogen) atoms. The number of benzene rings is 1. The predicted octanol–water partition coefficient (Wildman–Crippen LogP) is 1.78. The van der Waals surface area contributed by atoms with Gasteiger partial charge in [0.15, 0.2) is 0 Å². The van der Waals surface area contributed by atoms with E-state index in [2.05, 4.69) is 5.32 Å². The van der Waals surface area contributed by atoms with Crippen LogP contribution in [0.1, 0.15) is 24.8 Å². The van der Waals surface area contributed by atoms with Crippen LogP contribution < -0.4 is 5.32 Å². The number of carbonyl (C=O) groups is 1. The first-order chi connectivity index (χ1) is 9.06. The van der Waals surface area contributed by atoms with E-state index < -0.39 is 11.6 Å². The Morgan fingerprint density at radius 1 is 1.37 bits per heavy atom. The zero-order valence-corrected chi connectivity index (χ0v) is 10.5. The zero-order chi connectivity index (χ0) is 13.8. The number of carbonyl (C=O) groups excluding carboxylic acids is 1. The van der Waals surface area contributed by atoms with Crippen molar-refractivity contribution in [2.45, 2.75) is 31.8 Å². The highest BCUT2D eigenvalue weighted by atomic mass is 19.1. The van der Waals surface area contributed by atoms with Gasteiger partial charge in [-0.1, -0.05) is 12.5 Å². The van der Waals surface area contributed by atoms with Crippen LogP contribution in [0, 0.1) is 17.6 Å². The lowest BCUT2D eigenvalue weighted by molar-refractivity contribution is -0.120. The predicted molar refractivity (Wildman–Crippen MR) is 66.4 cm³/mol. The maximum absolute atomic E-state index is 13.4. The summed E-state index contributed by atoms with van der Waals surface area (Å²) in [5.74, 6) is -1.60. The van der Waals surface area contributed by atoms with E-state index in [1.165, 1.54) is 6.07 Å². The molecule has 104 valence electrons. The topological polar surface area (TPSA) is 49.3 Å². The van der Waals surface area contributed by atoms with Crippen molar-refractivity contribution in [3.05, 3.63) is 35.4 Å². The third-order valence-electron chi connectivity index (χ3n) is 3.55. The van der Waals surface area contributed by atoms with E-state index in [0.29, 0.717) is 6.54 Å². The number of halogens is 2. The molecule has 5 heteroatoms. The summed E-state index contributed by atoms with van der Waals surface area (Å²) in [5, 5.41) is 12.3. The van der Waals surface area contributed by atoms with Gasteiger partial charge in [0.2, 0.25) is 5.91 Å². The van der Waals surface area contributed by atoms with Gasteiger partial charge in [-0.25, -0.2) is 8.78 Å². The van der Waals surface area contributed by atoms with Crippen LogP contribution in [0.3, 0.4) is 0 Å². The first kappa shape index (κ1) is 13.9. The number of hydrogen-bond donors (Lipinski definition) is 2. The third-order valence-corrected chi connectivity index (χ3v) is 3.55. The lowest BCUT2D eigenvalue weighted by atomic mass is 10.1. The van der Waals surface area contributed by atoms with Gasteiger partial charge < -0.3 is 10.4 Å². The summed E-state index contributed by atoms with van der Waals surface area (Å²) in [4.78, 5) is 11.7. The Bertz CT molecular complexity index is 465. The van der Waals surface area contributed by atoms with Gasteiger partial charge in [0.05, 0.1) is 12.5 Å². The molecule has 1 amide bonds. The normalized spacial score (nSPS) is 22.5. The molecule has 0 saturated heterocycles. The van der Waals surface area contributed by atoms with Gasteiger partial charge in [0.25, 0.3) is 0 Å². The summed E-state index contributed by atoms with van der Waals surface area (Å²) in [6, 6.07) is 3.17. The smallest absolute Gasteiger partial charge is 0.224 e. The van der Waals surface area contributed by atoms with Crippen molar-refractivity contribution < 1.29 is 18.7 Å². The van der Waals surface area contributed by atoms with Crippen molar-refractivity contribution >= 4 is 5.91 Å². The van der Waals surface area contributed by atoms with E-state index in [1.54, 1.807) is 0 Å². The van der Waals surface area contributed by atoms with Crippen molar-refractivity contribution in [1.29, 1.82) is 0 Å². The molecule has 2 unspecified atom stereocenters. The van der Waals surface area contributed by atoms with Crippen LogP contribution >= 0.6 is 0 Å². The molecule has 0 bridgehead atoms.